The maximum Gasteiger partial charge on any atom is 0.254 e. The summed E-state index contributed by atoms with van der Waals surface area (Å²) in [5.74, 6) is 0.137. The molecular formula is C10H13NO2S. The summed E-state index contributed by atoms with van der Waals surface area (Å²) in [7, 11) is 0. The van der Waals surface area contributed by atoms with Crippen LogP contribution in [0.1, 0.15) is 15.2 Å². The molecule has 1 fully saturated rings. The first kappa shape index (κ1) is 9.68. The maximum atomic E-state index is 11.9. The van der Waals surface area contributed by atoms with E-state index in [0.717, 1.165) is 5.56 Å². The van der Waals surface area contributed by atoms with Gasteiger partial charge in [0.2, 0.25) is 0 Å². The number of morpholine rings is 1. The van der Waals surface area contributed by atoms with E-state index < -0.39 is 0 Å². The second kappa shape index (κ2) is 4.11. The molecule has 0 N–H and O–H groups in total. The van der Waals surface area contributed by atoms with Crippen LogP contribution in [0.25, 0.3) is 0 Å². The maximum absolute atomic E-state index is 11.9. The van der Waals surface area contributed by atoms with E-state index in [1.165, 1.54) is 4.88 Å². The van der Waals surface area contributed by atoms with Gasteiger partial charge in [-0.2, -0.15) is 0 Å². The van der Waals surface area contributed by atoms with Crippen molar-refractivity contribution in [1.29, 1.82) is 0 Å². The van der Waals surface area contributed by atoms with Gasteiger partial charge in [-0.3, -0.25) is 4.79 Å². The van der Waals surface area contributed by atoms with E-state index in [9.17, 15) is 4.79 Å². The molecular weight excluding hydrogens is 198 g/mol. The summed E-state index contributed by atoms with van der Waals surface area (Å²) in [6.07, 6.45) is 0. The van der Waals surface area contributed by atoms with Gasteiger partial charge in [-0.25, -0.2) is 0 Å². The van der Waals surface area contributed by atoms with Gasteiger partial charge in [0, 0.05) is 23.3 Å². The summed E-state index contributed by atoms with van der Waals surface area (Å²) in [5, 5.41) is 1.92. The smallest absolute Gasteiger partial charge is 0.254 e. The Morgan fingerprint density at radius 3 is 2.79 bits per heavy atom. The highest BCUT2D eigenvalue weighted by atomic mass is 32.1. The Morgan fingerprint density at radius 1 is 1.50 bits per heavy atom. The van der Waals surface area contributed by atoms with Crippen molar-refractivity contribution < 1.29 is 9.53 Å². The van der Waals surface area contributed by atoms with Crippen molar-refractivity contribution in [2.75, 3.05) is 26.3 Å². The molecule has 0 atom stereocenters. The number of hydrogen-bond acceptors (Lipinski definition) is 3. The number of carbonyl (C=O) groups excluding carboxylic acids is 1. The first-order valence-electron chi connectivity index (χ1n) is 4.69. The lowest BCUT2D eigenvalue weighted by Gasteiger charge is -2.26. The quantitative estimate of drug-likeness (QED) is 0.705. The summed E-state index contributed by atoms with van der Waals surface area (Å²) in [6, 6.07) is 1.95. The minimum absolute atomic E-state index is 0.137. The monoisotopic (exact) mass is 211 g/mol. The van der Waals surface area contributed by atoms with Crippen LogP contribution < -0.4 is 0 Å². The van der Waals surface area contributed by atoms with Crippen LogP contribution in [0.15, 0.2) is 11.4 Å². The number of aryl methyl sites for hydroxylation is 1. The van der Waals surface area contributed by atoms with E-state index in [-0.39, 0.29) is 5.91 Å². The summed E-state index contributed by atoms with van der Waals surface area (Å²) in [5.41, 5.74) is 0.814. The Balaban J connectivity index is 2.07. The van der Waals surface area contributed by atoms with Crippen molar-refractivity contribution in [3.05, 3.63) is 21.9 Å². The van der Waals surface area contributed by atoms with Crippen molar-refractivity contribution in [1.82, 2.24) is 4.90 Å². The molecule has 14 heavy (non-hydrogen) atoms. The summed E-state index contributed by atoms with van der Waals surface area (Å²) < 4.78 is 5.20. The molecule has 1 amide bonds. The number of amides is 1. The first-order chi connectivity index (χ1) is 6.77. The van der Waals surface area contributed by atoms with Gasteiger partial charge >= 0.3 is 0 Å². The molecule has 2 heterocycles. The SMILES string of the molecule is Cc1cc(C(=O)N2CCOCC2)cs1. The average Bonchev–Trinajstić information content (AvgIpc) is 2.65. The highest BCUT2D eigenvalue weighted by Crippen LogP contribution is 2.15. The molecule has 0 spiro atoms. The van der Waals surface area contributed by atoms with E-state index in [2.05, 4.69) is 0 Å². The van der Waals surface area contributed by atoms with E-state index in [4.69, 9.17) is 4.74 Å². The van der Waals surface area contributed by atoms with Gasteiger partial charge in [-0.15, -0.1) is 11.3 Å². The fraction of sp³-hybridized carbons (Fsp3) is 0.500. The third-order valence-electron chi connectivity index (χ3n) is 2.28. The van der Waals surface area contributed by atoms with Crippen LogP contribution >= 0.6 is 11.3 Å². The molecule has 0 bridgehead atoms. The lowest BCUT2D eigenvalue weighted by Crippen LogP contribution is -2.40. The Bertz CT molecular complexity index is 329. The number of carbonyl (C=O) groups is 1. The Hall–Kier alpha value is -0.870. The third kappa shape index (κ3) is 1.96. The van der Waals surface area contributed by atoms with E-state index >= 15 is 0 Å². The van der Waals surface area contributed by atoms with Crippen LogP contribution in [0, 0.1) is 6.92 Å². The third-order valence-corrected chi connectivity index (χ3v) is 3.14. The standard InChI is InChI=1S/C10H13NO2S/c1-8-6-9(7-14-8)10(12)11-2-4-13-5-3-11/h6-7H,2-5H2,1H3. The minimum atomic E-state index is 0.137. The van der Waals surface area contributed by atoms with Crippen LogP contribution in [0.5, 0.6) is 0 Å². The normalized spacial score (nSPS) is 17.1. The van der Waals surface area contributed by atoms with Gasteiger partial charge < -0.3 is 9.64 Å². The van der Waals surface area contributed by atoms with Crippen molar-refractivity contribution in [3.8, 4) is 0 Å². The van der Waals surface area contributed by atoms with Gasteiger partial charge in [0.05, 0.1) is 18.8 Å². The van der Waals surface area contributed by atoms with Crippen molar-refractivity contribution in [2.24, 2.45) is 0 Å². The molecule has 0 aliphatic carbocycles. The number of ether oxygens (including phenoxy) is 1. The number of nitrogens with zero attached hydrogens (tertiary/aromatic N) is 1. The molecule has 3 nitrogen and oxygen atoms in total. The number of hydrogen-bond donors (Lipinski definition) is 0. The Kier molecular flexibility index (Phi) is 2.84. The molecule has 0 aromatic carbocycles. The molecule has 4 heteroatoms. The topological polar surface area (TPSA) is 29.5 Å². The van der Waals surface area contributed by atoms with Gasteiger partial charge in [-0.05, 0) is 13.0 Å². The lowest BCUT2D eigenvalue weighted by atomic mass is 10.2. The molecule has 1 aliphatic rings. The molecule has 1 aromatic rings. The lowest BCUT2D eigenvalue weighted by molar-refractivity contribution is 0.0303. The van der Waals surface area contributed by atoms with Crippen LogP contribution in [0.2, 0.25) is 0 Å². The van der Waals surface area contributed by atoms with Crippen molar-refractivity contribution >= 4 is 17.2 Å². The highest BCUT2D eigenvalue weighted by Gasteiger charge is 2.18. The highest BCUT2D eigenvalue weighted by molar-refractivity contribution is 7.10. The molecule has 1 saturated heterocycles. The van der Waals surface area contributed by atoms with Crippen molar-refractivity contribution in [2.45, 2.75) is 6.92 Å². The summed E-state index contributed by atoms with van der Waals surface area (Å²) in [6.45, 7) is 4.77. The van der Waals surface area contributed by atoms with E-state index in [0.29, 0.717) is 26.3 Å². The molecule has 1 aliphatic heterocycles. The fourth-order valence-electron chi connectivity index (χ4n) is 1.50. The minimum Gasteiger partial charge on any atom is -0.378 e. The first-order valence-corrected chi connectivity index (χ1v) is 5.57. The number of rotatable bonds is 1. The van der Waals surface area contributed by atoms with E-state index in [1.807, 2.05) is 23.3 Å². The zero-order valence-electron chi connectivity index (χ0n) is 8.16. The zero-order chi connectivity index (χ0) is 9.97. The molecule has 0 radical (unpaired) electrons. The predicted octanol–water partition coefficient (Wildman–Crippen LogP) is 1.53. The molecule has 76 valence electrons. The summed E-state index contributed by atoms with van der Waals surface area (Å²) in [4.78, 5) is 14.9. The van der Waals surface area contributed by atoms with Gasteiger partial charge in [0.1, 0.15) is 0 Å². The van der Waals surface area contributed by atoms with Crippen LogP contribution in [-0.4, -0.2) is 37.1 Å². The molecule has 1 aromatic heterocycles. The largest absolute Gasteiger partial charge is 0.378 e. The fourth-order valence-corrected chi connectivity index (χ4v) is 2.18. The van der Waals surface area contributed by atoms with Crippen molar-refractivity contribution in [3.63, 3.8) is 0 Å². The molecule has 0 saturated carbocycles. The van der Waals surface area contributed by atoms with Gasteiger partial charge in [-0.1, -0.05) is 0 Å². The molecule has 0 unspecified atom stereocenters. The van der Waals surface area contributed by atoms with Crippen LogP contribution in [-0.2, 0) is 4.74 Å². The van der Waals surface area contributed by atoms with Crippen LogP contribution in [0.3, 0.4) is 0 Å². The van der Waals surface area contributed by atoms with Gasteiger partial charge in [0.15, 0.2) is 0 Å². The average molecular weight is 211 g/mol. The van der Waals surface area contributed by atoms with E-state index in [1.54, 1.807) is 11.3 Å². The zero-order valence-corrected chi connectivity index (χ0v) is 8.97. The Morgan fingerprint density at radius 2 is 2.21 bits per heavy atom. The second-order valence-corrected chi connectivity index (χ2v) is 4.47. The van der Waals surface area contributed by atoms with Crippen LogP contribution in [0.4, 0.5) is 0 Å². The number of thiophene rings is 1. The Labute approximate surface area is 87.3 Å². The van der Waals surface area contributed by atoms with Gasteiger partial charge in [0.25, 0.3) is 5.91 Å². The summed E-state index contributed by atoms with van der Waals surface area (Å²) >= 11 is 1.62. The predicted molar refractivity (Wildman–Crippen MR) is 55.8 cm³/mol. The molecule has 2 rings (SSSR count). The second-order valence-electron chi connectivity index (χ2n) is 3.35.